The molecule has 1 aromatic carbocycles. The summed E-state index contributed by atoms with van der Waals surface area (Å²) in [7, 11) is 1.63. The molecule has 0 aliphatic rings. The van der Waals surface area contributed by atoms with Crippen LogP contribution in [0.4, 0.5) is 13.2 Å². The highest BCUT2D eigenvalue weighted by Gasteiger charge is 2.29. The Bertz CT molecular complexity index is 516. The van der Waals surface area contributed by atoms with Crippen LogP contribution < -0.4 is 10.6 Å². The minimum Gasteiger partial charge on any atom is -0.377 e. The van der Waals surface area contributed by atoms with Crippen LogP contribution in [0.1, 0.15) is 31.9 Å². The number of aliphatic imine (C=N–C) groups is 1. The van der Waals surface area contributed by atoms with Gasteiger partial charge in [0.25, 0.3) is 0 Å². The Balaban J connectivity index is 0.00000529. The van der Waals surface area contributed by atoms with Gasteiger partial charge in [-0.25, -0.2) is 4.99 Å². The van der Waals surface area contributed by atoms with E-state index in [4.69, 9.17) is 4.74 Å². The molecule has 4 nitrogen and oxygen atoms in total. The molecule has 0 bridgehead atoms. The molecular formula is C16H25F3IN3O. The second-order valence-corrected chi connectivity index (χ2v) is 5.71. The number of hydrogen-bond acceptors (Lipinski definition) is 2. The molecular weight excluding hydrogens is 434 g/mol. The summed E-state index contributed by atoms with van der Waals surface area (Å²) in [6, 6.07) is 5.02. The standard InChI is InChI=1S/C16H24F3N3O.HI/c1-5-20-14(22-11-15(2,3)23-4)21-10-12-6-8-13(9-7-12)16(17,18)19;/h6-9H,5,10-11H2,1-4H3,(H2,20,21,22);1H. The van der Waals surface area contributed by atoms with Crippen molar-refractivity contribution in [2.75, 3.05) is 20.2 Å². The summed E-state index contributed by atoms with van der Waals surface area (Å²) >= 11 is 0. The number of hydrogen-bond donors (Lipinski definition) is 2. The van der Waals surface area contributed by atoms with E-state index in [2.05, 4.69) is 15.6 Å². The Morgan fingerprint density at radius 2 is 1.71 bits per heavy atom. The molecule has 0 radical (unpaired) electrons. The van der Waals surface area contributed by atoms with Gasteiger partial charge in [-0.15, -0.1) is 24.0 Å². The summed E-state index contributed by atoms with van der Waals surface area (Å²) in [5.74, 6) is 0.595. The summed E-state index contributed by atoms with van der Waals surface area (Å²) in [6.45, 7) is 7.37. The lowest BCUT2D eigenvalue weighted by Crippen LogP contribution is -2.45. The molecule has 138 valence electrons. The van der Waals surface area contributed by atoms with Crippen LogP contribution in [0.5, 0.6) is 0 Å². The molecule has 0 aliphatic carbocycles. The second kappa shape index (κ2) is 10.1. The first-order valence-corrected chi connectivity index (χ1v) is 7.41. The van der Waals surface area contributed by atoms with E-state index < -0.39 is 11.7 Å². The number of benzene rings is 1. The van der Waals surface area contributed by atoms with Gasteiger partial charge in [0.2, 0.25) is 0 Å². The van der Waals surface area contributed by atoms with Gasteiger partial charge in [0, 0.05) is 20.2 Å². The van der Waals surface area contributed by atoms with Crippen LogP contribution in [0, 0.1) is 0 Å². The van der Waals surface area contributed by atoms with Gasteiger partial charge in [-0.3, -0.25) is 0 Å². The van der Waals surface area contributed by atoms with Crippen molar-refractivity contribution in [3.63, 3.8) is 0 Å². The average Bonchev–Trinajstić information content (AvgIpc) is 2.49. The highest BCUT2D eigenvalue weighted by molar-refractivity contribution is 14.0. The average molecular weight is 459 g/mol. The van der Waals surface area contributed by atoms with Gasteiger partial charge in [0.15, 0.2) is 5.96 Å². The zero-order valence-electron chi connectivity index (χ0n) is 14.3. The van der Waals surface area contributed by atoms with E-state index in [1.807, 2.05) is 20.8 Å². The minimum absolute atomic E-state index is 0. The van der Waals surface area contributed by atoms with Crippen LogP contribution in [0.2, 0.25) is 0 Å². The lowest BCUT2D eigenvalue weighted by molar-refractivity contribution is -0.137. The van der Waals surface area contributed by atoms with Crippen molar-refractivity contribution in [2.24, 2.45) is 4.99 Å². The molecule has 0 aliphatic heterocycles. The Hall–Kier alpha value is -1.03. The third-order valence-electron chi connectivity index (χ3n) is 3.28. The summed E-state index contributed by atoms with van der Waals surface area (Å²) < 4.78 is 42.9. The smallest absolute Gasteiger partial charge is 0.377 e. The summed E-state index contributed by atoms with van der Waals surface area (Å²) in [5, 5.41) is 6.24. The van der Waals surface area contributed by atoms with Crippen LogP contribution in [0.3, 0.4) is 0 Å². The SMILES string of the molecule is CCNC(=NCc1ccc(C(F)(F)F)cc1)NCC(C)(C)OC.I. The Labute approximate surface area is 158 Å². The van der Waals surface area contributed by atoms with Crippen LogP contribution in [-0.2, 0) is 17.5 Å². The first kappa shape index (κ1) is 23.0. The molecule has 0 unspecified atom stereocenters. The largest absolute Gasteiger partial charge is 0.416 e. The van der Waals surface area contributed by atoms with E-state index in [0.717, 1.165) is 12.1 Å². The van der Waals surface area contributed by atoms with Gasteiger partial charge < -0.3 is 15.4 Å². The first-order chi connectivity index (χ1) is 10.7. The molecule has 0 aromatic heterocycles. The predicted molar refractivity (Wildman–Crippen MR) is 101 cm³/mol. The molecule has 0 heterocycles. The van der Waals surface area contributed by atoms with Crippen molar-refractivity contribution in [2.45, 2.75) is 39.1 Å². The maximum Gasteiger partial charge on any atom is 0.416 e. The number of nitrogens with one attached hydrogen (secondary N) is 2. The van der Waals surface area contributed by atoms with Crippen molar-refractivity contribution in [3.8, 4) is 0 Å². The van der Waals surface area contributed by atoms with E-state index in [1.54, 1.807) is 7.11 Å². The number of guanidine groups is 1. The van der Waals surface area contributed by atoms with E-state index in [9.17, 15) is 13.2 Å². The summed E-state index contributed by atoms with van der Waals surface area (Å²) in [4.78, 5) is 4.37. The molecule has 0 saturated carbocycles. The Morgan fingerprint density at radius 1 is 1.12 bits per heavy atom. The van der Waals surface area contributed by atoms with Crippen LogP contribution in [0.15, 0.2) is 29.3 Å². The van der Waals surface area contributed by atoms with Crippen molar-refractivity contribution in [1.29, 1.82) is 0 Å². The minimum atomic E-state index is -4.32. The summed E-state index contributed by atoms with van der Waals surface area (Å²) in [5.41, 5.74) is -0.289. The first-order valence-electron chi connectivity index (χ1n) is 7.41. The quantitative estimate of drug-likeness (QED) is 0.387. The van der Waals surface area contributed by atoms with Crippen LogP contribution in [-0.4, -0.2) is 31.8 Å². The molecule has 0 fully saturated rings. The van der Waals surface area contributed by atoms with Gasteiger partial charge in [-0.1, -0.05) is 12.1 Å². The lowest BCUT2D eigenvalue weighted by atomic mass is 10.1. The molecule has 1 rings (SSSR count). The number of ether oxygens (including phenoxy) is 1. The van der Waals surface area contributed by atoms with Crippen LogP contribution in [0.25, 0.3) is 0 Å². The molecule has 0 atom stereocenters. The normalized spacial score (nSPS) is 12.5. The maximum atomic E-state index is 12.5. The third kappa shape index (κ3) is 8.18. The fourth-order valence-corrected chi connectivity index (χ4v) is 1.68. The Kier molecular flexibility index (Phi) is 9.64. The zero-order valence-corrected chi connectivity index (χ0v) is 16.7. The molecule has 8 heteroatoms. The lowest BCUT2D eigenvalue weighted by Gasteiger charge is -2.24. The van der Waals surface area contributed by atoms with E-state index in [-0.39, 0.29) is 29.6 Å². The molecule has 2 N–H and O–H groups in total. The van der Waals surface area contributed by atoms with E-state index in [0.29, 0.717) is 31.2 Å². The predicted octanol–water partition coefficient (Wildman–Crippen LogP) is 3.80. The highest BCUT2D eigenvalue weighted by Crippen LogP contribution is 2.29. The molecule has 0 saturated heterocycles. The molecule has 1 aromatic rings. The monoisotopic (exact) mass is 459 g/mol. The number of rotatable bonds is 6. The molecule has 24 heavy (non-hydrogen) atoms. The van der Waals surface area contributed by atoms with Crippen molar-refractivity contribution in [1.82, 2.24) is 10.6 Å². The maximum absolute atomic E-state index is 12.5. The van der Waals surface area contributed by atoms with Gasteiger partial charge in [0.1, 0.15) is 0 Å². The van der Waals surface area contributed by atoms with Gasteiger partial charge >= 0.3 is 6.18 Å². The summed E-state index contributed by atoms with van der Waals surface area (Å²) in [6.07, 6.45) is -4.32. The zero-order chi connectivity index (χ0) is 17.5. The Morgan fingerprint density at radius 3 is 2.17 bits per heavy atom. The third-order valence-corrected chi connectivity index (χ3v) is 3.28. The topological polar surface area (TPSA) is 45.7 Å². The molecule has 0 spiro atoms. The van der Waals surface area contributed by atoms with Gasteiger partial charge in [-0.2, -0.15) is 13.2 Å². The number of halogens is 4. The van der Waals surface area contributed by atoms with Crippen molar-refractivity contribution in [3.05, 3.63) is 35.4 Å². The van der Waals surface area contributed by atoms with Crippen LogP contribution >= 0.6 is 24.0 Å². The number of methoxy groups -OCH3 is 1. The van der Waals surface area contributed by atoms with Gasteiger partial charge in [-0.05, 0) is 38.5 Å². The fourth-order valence-electron chi connectivity index (χ4n) is 1.68. The van der Waals surface area contributed by atoms with E-state index >= 15 is 0 Å². The second-order valence-electron chi connectivity index (χ2n) is 5.71. The molecule has 0 amide bonds. The number of nitrogens with zero attached hydrogens (tertiary/aromatic N) is 1. The van der Waals surface area contributed by atoms with E-state index in [1.165, 1.54) is 12.1 Å². The fraction of sp³-hybridized carbons (Fsp3) is 0.562. The van der Waals surface area contributed by atoms with Crippen molar-refractivity contribution < 1.29 is 17.9 Å². The number of alkyl halides is 3. The van der Waals surface area contributed by atoms with Gasteiger partial charge in [0.05, 0.1) is 17.7 Å². The highest BCUT2D eigenvalue weighted by atomic mass is 127. The van der Waals surface area contributed by atoms with Crippen molar-refractivity contribution >= 4 is 29.9 Å².